The van der Waals surface area contributed by atoms with Crippen molar-refractivity contribution in [1.82, 2.24) is 21.3 Å². The van der Waals surface area contributed by atoms with Gasteiger partial charge in [0.05, 0.1) is 11.1 Å². The van der Waals surface area contributed by atoms with E-state index in [-0.39, 0.29) is 47.3 Å². The molecule has 30 heavy (non-hydrogen) atoms. The molecular formula is C20H26ClFN4O4. The molecule has 4 fully saturated rings. The zero-order chi connectivity index (χ0) is 21.3. The second-order valence-electron chi connectivity index (χ2n) is 8.27. The zero-order valence-electron chi connectivity index (χ0n) is 16.4. The molecule has 0 radical (unpaired) electrons. The van der Waals surface area contributed by atoms with E-state index in [0.29, 0.717) is 31.3 Å². The van der Waals surface area contributed by atoms with Crippen LogP contribution in [0.3, 0.4) is 0 Å². The minimum Gasteiger partial charge on any atom is -0.484 e. The number of carbonyl (C=O) groups excluding carboxylic acids is 2. The van der Waals surface area contributed by atoms with E-state index in [1.54, 1.807) is 0 Å². The molecule has 1 saturated heterocycles. The average Bonchev–Trinajstić information content (AvgIpc) is 2.68. The van der Waals surface area contributed by atoms with Crippen molar-refractivity contribution in [3.8, 4) is 5.75 Å². The Morgan fingerprint density at radius 2 is 1.87 bits per heavy atom. The fourth-order valence-corrected chi connectivity index (χ4v) is 4.58. The third-order valence-corrected chi connectivity index (χ3v) is 6.53. The second kappa shape index (κ2) is 9.05. The van der Waals surface area contributed by atoms with Crippen LogP contribution < -0.4 is 26.0 Å². The summed E-state index contributed by atoms with van der Waals surface area (Å²) >= 11 is 5.64. The Morgan fingerprint density at radius 3 is 2.53 bits per heavy atom. The first-order valence-corrected chi connectivity index (χ1v) is 10.6. The van der Waals surface area contributed by atoms with Gasteiger partial charge in [0.25, 0.3) is 5.91 Å². The van der Waals surface area contributed by atoms with E-state index in [0.717, 1.165) is 18.9 Å². The van der Waals surface area contributed by atoms with Crippen molar-refractivity contribution in [3.63, 3.8) is 0 Å². The number of benzene rings is 1. The molecule has 5 N–H and O–H groups in total. The number of hydrogen-bond donors (Lipinski definition) is 5. The van der Waals surface area contributed by atoms with Crippen LogP contribution in [-0.4, -0.2) is 61.0 Å². The summed E-state index contributed by atoms with van der Waals surface area (Å²) in [5, 5.41) is 21.4. The lowest BCUT2D eigenvalue weighted by Crippen LogP contribution is -2.64. The van der Waals surface area contributed by atoms with E-state index in [1.165, 1.54) is 12.1 Å². The summed E-state index contributed by atoms with van der Waals surface area (Å²) in [6.45, 7) is 0.477. The molecule has 10 heteroatoms. The average molecular weight is 441 g/mol. The van der Waals surface area contributed by atoms with Crippen LogP contribution in [0.15, 0.2) is 18.2 Å². The first-order chi connectivity index (χ1) is 14.4. The van der Waals surface area contributed by atoms with E-state index in [1.807, 2.05) is 0 Å². The molecule has 3 saturated carbocycles. The highest BCUT2D eigenvalue weighted by Gasteiger charge is 2.47. The summed E-state index contributed by atoms with van der Waals surface area (Å²) in [6, 6.07) is 3.63. The maximum atomic E-state index is 13.5. The number of β-amino-alcohol motifs (C(OH)–C–C–N with tert-alkyl or cyclic N) is 1. The molecule has 3 aliphatic carbocycles. The Bertz CT molecular complexity index is 799. The van der Waals surface area contributed by atoms with E-state index in [9.17, 15) is 19.1 Å². The number of amides is 2. The van der Waals surface area contributed by atoms with Crippen LogP contribution in [0.2, 0.25) is 5.02 Å². The van der Waals surface area contributed by atoms with Crippen molar-refractivity contribution in [2.75, 3.05) is 19.7 Å². The van der Waals surface area contributed by atoms with E-state index in [2.05, 4.69) is 21.3 Å². The van der Waals surface area contributed by atoms with Gasteiger partial charge in [-0.2, -0.15) is 0 Å². The quantitative estimate of drug-likeness (QED) is 0.430. The number of rotatable bonds is 6. The van der Waals surface area contributed by atoms with Crippen LogP contribution in [0, 0.1) is 17.7 Å². The van der Waals surface area contributed by atoms with Crippen molar-refractivity contribution in [2.24, 2.45) is 11.8 Å². The lowest BCUT2D eigenvalue weighted by Gasteiger charge is -2.51. The van der Waals surface area contributed by atoms with Gasteiger partial charge in [0, 0.05) is 31.2 Å². The molecule has 2 amide bonds. The Morgan fingerprint density at radius 1 is 1.13 bits per heavy atom. The number of piperazine rings is 1. The molecule has 4 atom stereocenters. The smallest absolute Gasteiger partial charge is 0.258 e. The highest BCUT2D eigenvalue weighted by molar-refractivity contribution is 6.30. The predicted molar refractivity (Wildman–Crippen MR) is 107 cm³/mol. The molecule has 2 bridgehead atoms. The third-order valence-electron chi connectivity index (χ3n) is 6.22. The largest absolute Gasteiger partial charge is 0.484 e. The number of carbonyl (C=O) groups is 2. The molecule has 1 aliphatic heterocycles. The van der Waals surface area contributed by atoms with Crippen LogP contribution in [0.25, 0.3) is 0 Å². The van der Waals surface area contributed by atoms with Crippen molar-refractivity contribution in [2.45, 2.75) is 43.6 Å². The maximum absolute atomic E-state index is 13.5. The molecule has 3 unspecified atom stereocenters. The number of hydrogen-bond acceptors (Lipinski definition) is 6. The topological polar surface area (TPSA) is 112 Å². The maximum Gasteiger partial charge on any atom is 0.258 e. The fraction of sp³-hybridized carbons (Fsp3) is 0.600. The number of ether oxygens (including phenoxy) is 1. The molecule has 1 aromatic carbocycles. The van der Waals surface area contributed by atoms with Gasteiger partial charge >= 0.3 is 0 Å². The molecule has 5 rings (SSSR count). The normalized spacial score (nSPS) is 32.6. The summed E-state index contributed by atoms with van der Waals surface area (Å²) in [5.41, 5.74) is 0. The van der Waals surface area contributed by atoms with Gasteiger partial charge < -0.3 is 25.8 Å². The lowest BCUT2D eigenvalue weighted by molar-refractivity contribution is -0.127. The fourth-order valence-electron chi connectivity index (χ4n) is 4.46. The molecule has 1 aromatic rings. The Balaban J connectivity index is 1.25. The van der Waals surface area contributed by atoms with Gasteiger partial charge in [-0.05, 0) is 43.2 Å². The predicted octanol–water partition coefficient (Wildman–Crippen LogP) is 0.137. The molecule has 0 spiro atoms. The lowest BCUT2D eigenvalue weighted by atomic mass is 9.60. The van der Waals surface area contributed by atoms with Gasteiger partial charge in [0.2, 0.25) is 5.91 Å². The number of nitrogens with one attached hydrogen (secondary N) is 4. The van der Waals surface area contributed by atoms with Crippen molar-refractivity contribution in [3.05, 3.63) is 29.0 Å². The zero-order valence-corrected chi connectivity index (χ0v) is 17.1. The minimum atomic E-state index is -0.637. The molecule has 1 heterocycles. The van der Waals surface area contributed by atoms with Crippen molar-refractivity contribution < 1.29 is 23.8 Å². The first-order valence-electron chi connectivity index (χ1n) is 10.2. The van der Waals surface area contributed by atoms with Crippen LogP contribution in [0.4, 0.5) is 4.39 Å². The Labute approximate surface area is 178 Å². The summed E-state index contributed by atoms with van der Waals surface area (Å²) in [4.78, 5) is 24.9. The first kappa shape index (κ1) is 21.3. The number of aliphatic hydroxyl groups is 1. The summed E-state index contributed by atoms with van der Waals surface area (Å²) in [5.74, 6) is 0.106. The van der Waals surface area contributed by atoms with Gasteiger partial charge in [-0.25, -0.2) is 4.39 Å². The van der Waals surface area contributed by atoms with E-state index in [4.69, 9.17) is 16.3 Å². The molecule has 0 aromatic heterocycles. The molecule has 4 aliphatic rings. The Hall–Kier alpha value is -1.94. The summed E-state index contributed by atoms with van der Waals surface area (Å²) in [6.07, 6.45) is 1.97. The van der Waals surface area contributed by atoms with Gasteiger partial charge in [0.1, 0.15) is 17.8 Å². The Kier molecular flexibility index (Phi) is 6.43. The van der Waals surface area contributed by atoms with Crippen LogP contribution in [0.1, 0.15) is 19.3 Å². The van der Waals surface area contributed by atoms with Crippen LogP contribution in [-0.2, 0) is 9.59 Å². The molecule has 8 nitrogen and oxygen atoms in total. The van der Waals surface area contributed by atoms with Crippen LogP contribution >= 0.6 is 11.6 Å². The van der Waals surface area contributed by atoms with E-state index < -0.39 is 12.0 Å². The highest BCUT2D eigenvalue weighted by atomic mass is 35.5. The SMILES string of the molecule is O=C(COc1ccc(Cl)c(F)c1)NC1C[C@@H](NC(=O)C2CNC(O)CN2)C2CC1C2. The number of aliphatic hydroxyl groups excluding tert-OH is 1. The van der Waals surface area contributed by atoms with Crippen LogP contribution in [0.5, 0.6) is 5.75 Å². The van der Waals surface area contributed by atoms with Gasteiger partial charge in [-0.3, -0.25) is 14.9 Å². The van der Waals surface area contributed by atoms with Gasteiger partial charge in [-0.15, -0.1) is 0 Å². The second-order valence-corrected chi connectivity index (χ2v) is 8.67. The number of halogens is 2. The van der Waals surface area contributed by atoms with E-state index >= 15 is 0 Å². The standard InChI is InChI=1S/C20H26ClFN4O4/c21-13-2-1-12(5-14(13)22)30-9-19(28)25-15-6-16(11-3-10(15)4-11)26-20(29)17-7-24-18(27)8-23-17/h1-2,5,10-11,15-18,23-24,27H,3-4,6-9H2,(H,25,28)(H,26,29)/t10?,11?,15?,16-,17?,18?/m1/s1. The minimum absolute atomic E-state index is 0.00276. The third kappa shape index (κ3) is 4.85. The van der Waals surface area contributed by atoms with Gasteiger partial charge in [-0.1, -0.05) is 11.6 Å². The van der Waals surface area contributed by atoms with Crippen molar-refractivity contribution in [1.29, 1.82) is 0 Å². The van der Waals surface area contributed by atoms with Crippen molar-refractivity contribution >= 4 is 23.4 Å². The highest BCUT2D eigenvalue weighted by Crippen LogP contribution is 2.45. The van der Waals surface area contributed by atoms with Gasteiger partial charge in [0.15, 0.2) is 6.61 Å². The summed E-state index contributed by atoms with van der Waals surface area (Å²) in [7, 11) is 0. The molecule has 164 valence electrons. The number of fused-ring (bicyclic) bond motifs is 2. The summed E-state index contributed by atoms with van der Waals surface area (Å²) < 4.78 is 18.8. The monoisotopic (exact) mass is 440 g/mol. The molecular weight excluding hydrogens is 415 g/mol.